The van der Waals surface area contributed by atoms with Crippen molar-refractivity contribution in [2.24, 2.45) is 7.05 Å². The Kier molecular flexibility index (Phi) is 5.20. The van der Waals surface area contributed by atoms with Crippen LogP contribution in [0.2, 0.25) is 0 Å². The highest BCUT2D eigenvalue weighted by molar-refractivity contribution is 6.10. The number of nitrogen functional groups attached to an aromatic ring is 1. The van der Waals surface area contributed by atoms with Gasteiger partial charge in [-0.1, -0.05) is 12.1 Å². The molecule has 2 aromatic heterocycles. The Hall–Kier alpha value is -3.66. The van der Waals surface area contributed by atoms with Crippen LogP contribution in [-0.4, -0.2) is 44.8 Å². The predicted molar refractivity (Wildman–Crippen MR) is 121 cm³/mol. The number of amides is 1. The number of nitrogens with two attached hydrogens (primary N) is 1. The summed E-state index contributed by atoms with van der Waals surface area (Å²) in [6, 6.07) is 9.27. The predicted octanol–water partition coefficient (Wildman–Crippen LogP) is 4.32. The molecule has 0 bridgehead atoms. The lowest BCUT2D eigenvalue weighted by Crippen LogP contribution is -2.49. The molecule has 5 rings (SSSR count). The molecule has 4 aromatic rings. The van der Waals surface area contributed by atoms with E-state index in [1.807, 2.05) is 6.92 Å². The minimum Gasteiger partial charge on any atom is -0.382 e. The molecular weight excluding hydrogens is 447 g/mol. The maximum Gasteiger partial charge on any atom is 0.416 e. The van der Waals surface area contributed by atoms with E-state index in [-0.39, 0.29) is 18.6 Å². The number of carbonyl (C=O) groups is 1. The van der Waals surface area contributed by atoms with E-state index in [1.54, 1.807) is 41.0 Å². The van der Waals surface area contributed by atoms with Crippen LogP contribution >= 0.6 is 0 Å². The number of benzene rings is 2. The van der Waals surface area contributed by atoms with Gasteiger partial charge in [0.05, 0.1) is 42.6 Å². The van der Waals surface area contributed by atoms with Crippen molar-refractivity contribution in [3.63, 3.8) is 0 Å². The van der Waals surface area contributed by atoms with Crippen LogP contribution in [0.1, 0.15) is 34.5 Å². The van der Waals surface area contributed by atoms with Crippen LogP contribution in [0.15, 0.2) is 48.7 Å². The lowest BCUT2D eigenvalue weighted by molar-refractivity contribution is -0.137. The molecule has 0 radical (unpaired) electrons. The van der Waals surface area contributed by atoms with Crippen LogP contribution in [0, 0.1) is 0 Å². The van der Waals surface area contributed by atoms with Gasteiger partial charge in [-0.15, -0.1) is 0 Å². The smallest absolute Gasteiger partial charge is 0.382 e. The molecule has 0 saturated carbocycles. The first-order valence-electron chi connectivity index (χ1n) is 10.7. The summed E-state index contributed by atoms with van der Waals surface area (Å²) in [5.41, 5.74) is 7.70. The van der Waals surface area contributed by atoms with Crippen LogP contribution in [0.3, 0.4) is 0 Å². The Balaban J connectivity index is 1.55. The van der Waals surface area contributed by atoms with E-state index in [2.05, 4.69) is 10.1 Å². The maximum atomic E-state index is 13.7. The van der Waals surface area contributed by atoms with Gasteiger partial charge in [-0.05, 0) is 42.8 Å². The first-order valence-corrected chi connectivity index (χ1v) is 10.7. The van der Waals surface area contributed by atoms with Crippen LogP contribution in [0.5, 0.6) is 0 Å². The molecular formula is C24H22F3N5O2. The van der Waals surface area contributed by atoms with Gasteiger partial charge in [-0.3, -0.25) is 9.48 Å². The number of anilines is 1. The van der Waals surface area contributed by atoms with Gasteiger partial charge in [0.15, 0.2) is 0 Å². The second-order valence-corrected chi connectivity index (χ2v) is 8.49. The van der Waals surface area contributed by atoms with Gasteiger partial charge < -0.3 is 15.4 Å². The molecule has 2 N–H and O–H groups in total. The summed E-state index contributed by atoms with van der Waals surface area (Å²) in [4.78, 5) is 19.8. The third-order valence-electron chi connectivity index (χ3n) is 6.26. The van der Waals surface area contributed by atoms with E-state index in [0.29, 0.717) is 34.6 Å². The third kappa shape index (κ3) is 3.63. The number of fused-ring (bicyclic) bond motifs is 3. The Morgan fingerprint density at radius 1 is 1.12 bits per heavy atom. The SMILES string of the molecule is C[C@@H]1COC[C@H](c2ccc(C(F)(F)F)cc2)N1C(=O)c1ccc2nc(N)c3c(cnn3C)c2c1. The van der Waals surface area contributed by atoms with Crippen LogP contribution < -0.4 is 5.73 Å². The van der Waals surface area contributed by atoms with Crippen molar-refractivity contribution < 1.29 is 22.7 Å². The summed E-state index contributed by atoms with van der Waals surface area (Å²) < 4.78 is 46.3. The highest BCUT2D eigenvalue weighted by Crippen LogP contribution is 2.34. The number of rotatable bonds is 2. The standard InChI is InChI=1S/C24H22F3N5O2/c1-13-11-34-12-20(14-3-6-16(7-4-14)24(25,26)27)32(13)23(33)15-5-8-19-17(9-15)18-10-29-31(2)21(18)22(28)30-19/h3-10,13,20H,11-12H2,1-2H3,(H2,28,30)/t13-,20-/m1/s1. The number of aromatic nitrogens is 3. The molecule has 1 saturated heterocycles. The van der Waals surface area contributed by atoms with Crippen LogP contribution in [-0.2, 0) is 18.0 Å². The molecule has 1 fully saturated rings. The van der Waals surface area contributed by atoms with E-state index >= 15 is 0 Å². The van der Waals surface area contributed by atoms with Crippen molar-refractivity contribution in [3.05, 3.63) is 65.4 Å². The number of morpholine rings is 1. The molecule has 2 aromatic carbocycles. The summed E-state index contributed by atoms with van der Waals surface area (Å²) in [6.45, 7) is 2.39. The molecule has 7 nitrogen and oxygen atoms in total. The van der Waals surface area contributed by atoms with E-state index in [4.69, 9.17) is 10.5 Å². The number of carbonyl (C=O) groups excluding carboxylic acids is 1. The number of hydrogen-bond acceptors (Lipinski definition) is 5. The minimum atomic E-state index is -4.43. The summed E-state index contributed by atoms with van der Waals surface area (Å²) in [6.07, 6.45) is -2.74. The molecule has 2 atom stereocenters. The van der Waals surface area contributed by atoms with Crippen molar-refractivity contribution in [2.45, 2.75) is 25.2 Å². The average Bonchev–Trinajstić information content (AvgIpc) is 3.20. The second-order valence-electron chi connectivity index (χ2n) is 8.49. The molecule has 10 heteroatoms. The Morgan fingerprint density at radius 3 is 2.56 bits per heavy atom. The van der Waals surface area contributed by atoms with Crippen molar-refractivity contribution in [1.29, 1.82) is 0 Å². The van der Waals surface area contributed by atoms with Gasteiger partial charge in [-0.25, -0.2) is 4.98 Å². The number of alkyl halides is 3. The van der Waals surface area contributed by atoms with Gasteiger partial charge >= 0.3 is 6.18 Å². The van der Waals surface area contributed by atoms with Gasteiger partial charge in [0.2, 0.25) is 0 Å². The highest BCUT2D eigenvalue weighted by atomic mass is 19.4. The summed E-state index contributed by atoms with van der Waals surface area (Å²) >= 11 is 0. The van der Waals surface area contributed by atoms with E-state index < -0.39 is 17.8 Å². The number of nitrogens with zero attached hydrogens (tertiary/aromatic N) is 4. The Labute approximate surface area is 192 Å². The maximum absolute atomic E-state index is 13.7. The number of ether oxygens (including phenoxy) is 1. The molecule has 1 aliphatic rings. The highest BCUT2D eigenvalue weighted by Gasteiger charge is 2.35. The minimum absolute atomic E-state index is 0.194. The number of aryl methyl sites for hydroxylation is 1. The van der Waals surface area contributed by atoms with E-state index in [0.717, 1.165) is 22.9 Å². The lowest BCUT2D eigenvalue weighted by atomic mass is 9.99. The van der Waals surface area contributed by atoms with Gasteiger partial charge in [-0.2, -0.15) is 18.3 Å². The van der Waals surface area contributed by atoms with E-state index in [1.165, 1.54) is 12.1 Å². The first-order chi connectivity index (χ1) is 16.1. The van der Waals surface area contributed by atoms with Gasteiger partial charge in [0.25, 0.3) is 5.91 Å². The fourth-order valence-corrected chi connectivity index (χ4v) is 4.56. The monoisotopic (exact) mass is 469 g/mol. The fourth-order valence-electron chi connectivity index (χ4n) is 4.56. The second kappa shape index (κ2) is 7.98. The van der Waals surface area contributed by atoms with Crippen molar-refractivity contribution in [2.75, 3.05) is 18.9 Å². The topological polar surface area (TPSA) is 86.3 Å². The third-order valence-corrected chi connectivity index (χ3v) is 6.26. The van der Waals surface area contributed by atoms with Crippen LogP contribution in [0.25, 0.3) is 21.8 Å². The zero-order valence-corrected chi connectivity index (χ0v) is 18.5. The van der Waals surface area contributed by atoms with Gasteiger partial charge in [0.1, 0.15) is 11.3 Å². The molecule has 1 aliphatic heterocycles. The number of pyridine rings is 1. The van der Waals surface area contributed by atoms with Crippen molar-refractivity contribution in [3.8, 4) is 0 Å². The zero-order chi connectivity index (χ0) is 24.2. The molecule has 0 spiro atoms. The lowest BCUT2D eigenvalue weighted by Gasteiger charge is -2.41. The zero-order valence-electron chi connectivity index (χ0n) is 18.5. The number of hydrogen-bond donors (Lipinski definition) is 1. The average molecular weight is 469 g/mol. The molecule has 1 amide bonds. The largest absolute Gasteiger partial charge is 0.416 e. The Bertz CT molecular complexity index is 1400. The van der Waals surface area contributed by atoms with E-state index in [9.17, 15) is 18.0 Å². The van der Waals surface area contributed by atoms with Crippen molar-refractivity contribution >= 4 is 33.5 Å². The van der Waals surface area contributed by atoms with Crippen LogP contribution in [0.4, 0.5) is 19.0 Å². The van der Waals surface area contributed by atoms with Gasteiger partial charge in [0, 0.05) is 23.4 Å². The number of halogens is 3. The fraction of sp³-hybridized carbons (Fsp3) is 0.292. The molecule has 0 unspecified atom stereocenters. The van der Waals surface area contributed by atoms with Crippen molar-refractivity contribution in [1.82, 2.24) is 19.7 Å². The summed E-state index contributed by atoms with van der Waals surface area (Å²) in [5.74, 6) is 0.113. The molecule has 0 aliphatic carbocycles. The molecule has 34 heavy (non-hydrogen) atoms. The summed E-state index contributed by atoms with van der Waals surface area (Å²) in [7, 11) is 1.77. The quantitative estimate of drug-likeness (QED) is 0.473. The molecule has 176 valence electrons. The molecule has 3 heterocycles. The normalized spacial score (nSPS) is 19.1. The first kappa shape index (κ1) is 22.1. The Morgan fingerprint density at radius 2 is 1.85 bits per heavy atom. The summed E-state index contributed by atoms with van der Waals surface area (Å²) in [5, 5.41) is 5.80.